The molecule has 3 heterocycles. The Bertz CT molecular complexity index is 998. The highest BCUT2D eigenvalue weighted by molar-refractivity contribution is 7.11. The first-order valence-corrected chi connectivity index (χ1v) is 9.34. The second-order valence-corrected chi connectivity index (χ2v) is 7.39. The molecule has 1 atom stereocenters. The summed E-state index contributed by atoms with van der Waals surface area (Å²) in [6.45, 7) is 1.63. The number of aliphatic hydroxyl groups is 1. The molecular weight excluding hydrogens is 407 g/mol. The van der Waals surface area contributed by atoms with E-state index >= 15 is 0 Å². The largest absolute Gasteiger partial charge is 0.417 e. The Kier molecular flexibility index (Phi) is 6.01. The second-order valence-electron chi connectivity index (χ2n) is 6.25. The molecule has 7 nitrogen and oxygen atoms in total. The van der Waals surface area contributed by atoms with E-state index in [0.29, 0.717) is 21.1 Å². The predicted molar refractivity (Wildman–Crippen MR) is 101 cm³/mol. The SMILES string of the molecule is Cc1cc(-c2ccc(C(F)(F)F)cn2)[nH]c1C(=O)N[C@H](CN)c1cnc(CO)s1. The third-order valence-corrected chi connectivity index (χ3v) is 5.30. The third-order valence-electron chi connectivity index (χ3n) is 4.20. The van der Waals surface area contributed by atoms with Gasteiger partial charge in [-0.25, -0.2) is 4.98 Å². The van der Waals surface area contributed by atoms with Gasteiger partial charge in [0.15, 0.2) is 0 Å². The van der Waals surface area contributed by atoms with E-state index in [1.807, 2.05) is 0 Å². The Morgan fingerprint density at radius 2 is 2.10 bits per heavy atom. The second kappa shape index (κ2) is 8.31. The van der Waals surface area contributed by atoms with Crippen LogP contribution in [0.25, 0.3) is 11.4 Å². The lowest BCUT2D eigenvalue weighted by atomic mass is 10.2. The first-order valence-electron chi connectivity index (χ1n) is 8.52. The van der Waals surface area contributed by atoms with Crippen molar-refractivity contribution in [2.45, 2.75) is 25.7 Å². The molecule has 0 aliphatic rings. The number of halogens is 3. The summed E-state index contributed by atoms with van der Waals surface area (Å²) in [6.07, 6.45) is -2.17. The number of carbonyl (C=O) groups is 1. The van der Waals surface area contributed by atoms with Crippen molar-refractivity contribution in [2.24, 2.45) is 5.73 Å². The molecule has 0 unspecified atom stereocenters. The maximum Gasteiger partial charge on any atom is 0.417 e. The number of pyridine rings is 1. The highest BCUT2D eigenvalue weighted by atomic mass is 32.1. The fourth-order valence-corrected chi connectivity index (χ4v) is 3.53. The van der Waals surface area contributed by atoms with E-state index in [4.69, 9.17) is 10.8 Å². The van der Waals surface area contributed by atoms with Gasteiger partial charge in [0.2, 0.25) is 0 Å². The summed E-state index contributed by atoms with van der Waals surface area (Å²) >= 11 is 1.24. The Balaban J connectivity index is 1.79. The summed E-state index contributed by atoms with van der Waals surface area (Å²) in [5.41, 5.74) is 6.48. The van der Waals surface area contributed by atoms with Gasteiger partial charge in [-0.1, -0.05) is 0 Å². The molecule has 0 spiro atoms. The highest BCUT2D eigenvalue weighted by Gasteiger charge is 2.30. The quantitative estimate of drug-likeness (QED) is 0.485. The molecule has 0 saturated heterocycles. The van der Waals surface area contributed by atoms with Gasteiger partial charge in [0, 0.05) is 23.8 Å². The first-order chi connectivity index (χ1) is 13.7. The summed E-state index contributed by atoms with van der Waals surface area (Å²) in [5, 5.41) is 12.4. The highest BCUT2D eigenvalue weighted by Crippen LogP contribution is 2.30. The molecule has 0 fully saturated rings. The summed E-state index contributed by atoms with van der Waals surface area (Å²) < 4.78 is 38.1. The third kappa shape index (κ3) is 4.63. The zero-order valence-corrected chi connectivity index (χ0v) is 16.1. The molecule has 0 aromatic carbocycles. The van der Waals surface area contributed by atoms with Crippen LogP contribution in [0.1, 0.15) is 37.5 Å². The van der Waals surface area contributed by atoms with Gasteiger partial charge < -0.3 is 21.1 Å². The van der Waals surface area contributed by atoms with Crippen LogP contribution in [0.3, 0.4) is 0 Å². The minimum Gasteiger partial charge on any atom is -0.389 e. The van der Waals surface area contributed by atoms with Crippen molar-refractivity contribution < 1.29 is 23.1 Å². The predicted octanol–water partition coefficient (Wildman–Crippen LogP) is 2.78. The Morgan fingerprint density at radius 1 is 1.34 bits per heavy atom. The summed E-state index contributed by atoms with van der Waals surface area (Å²) in [5.74, 6) is -0.421. The average molecular weight is 425 g/mol. The lowest BCUT2D eigenvalue weighted by molar-refractivity contribution is -0.137. The van der Waals surface area contributed by atoms with Crippen molar-refractivity contribution in [3.63, 3.8) is 0 Å². The number of aromatic nitrogens is 3. The van der Waals surface area contributed by atoms with Crippen molar-refractivity contribution in [3.05, 3.63) is 57.3 Å². The minimum atomic E-state index is -4.47. The minimum absolute atomic E-state index is 0.131. The number of H-pyrrole nitrogens is 1. The molecule has 29 heavy (non-hydrogen) atoms. The van der Waals surface area contributed by atoms with E-state index in [1.165, 1.54) is 17.4 Å². The first kappa shape index (κ1) is 21.0. The number of nitrogens with two attached hydrogens (primary N) is 1. The van der Waals surface area contributed by atoms with E-state index in [9.17, 15) is 18.0 Å². The number of nitrogens with zero attached hydrogens (tertiary/aromatic N) is 2. The molecule has 3 aromatic heterocycles. The number of hydrogen-bond donors (Lipinski definition) is 4. The van der Waals surface area contributed by atoms with Gasteiger partial charge in [-0.05, 0) is 30.7 Å². The number of alkyl halides is 3. The maximum absolute atomic E-state index is 12.7. The van der Waals surface area contributed by atoms with Gasteiger partial charge in [-0.3, -0.25) is 9.78 Å². The van der Waals surface area contributed by atoms with Crippen LogP contribution in [0.5, 0.6) is 0 Å². The number of amides is 1. The van der Waals surface area contributed by atoms with Gasteiger partial charge in [0.25, 0.3) is 5.91 Å². The van der Waals surface area contributed by atoms with Crippen LogP contribution in [-0.2, 0) is 12.8 Å². The Labute approximate surface area is 167 Å². The molecule has 0 bridgehead atoms. The molecule has 3 aromatic rings. The molecule has 1 amide bonds. The van der Waals surface area contributed by atoms with E-state index in [0.717, 1.165) is 12.3 Å². The van der Waals surface area contributed by atoms with Crippen LogP contribution in [-0.4, -0.2) is 32.5 Å². The molecule has 11 heteroatoms. The zero-order valence-electron chi connectivity index (χ0n) is 15.2. The lowest BCUT2D eigenvalue weighted by Gasteiger charge is -2.14. The molecule has 0 aliphatic carbocycles. The molecule has 3 rings (SSSR count). The number of nitrogens with one attached hydrogen (secondary N) is 2. The van der Waals surface area contributed by atoms with Crippen LogP contribution in [0.2, 0.25) is 0 Å². The van der Waals surface area contributed by atoms with Crippen molar-refractivity contribution in [1.82, 2.24) is 20.3 Å². The normalized spacial score (nSPS) is 12.8. The van der Waals surface area contributed by atoms with Crippen LogP contribution in [0, 0.1) is 6.92 Å². The molecular formula is C18H18F3N5O2S. The molecule has 0 aliphatic heterocycles. The number of thiazole rings is 1. The van der Waals surface area contributed by atoms with E-state index in [2.05, 4.69) is 20.3 Å². The summed E-state index contributed by atoms with van der Waals surface area (Å²) in [7, 11) is 0. The Morgan fingerprint density at radius 3 is 2.66 bits per heavy atom. The fraction of sp³-hybridized carbons (Fsp3) is 0.278. The van der Waals surface area contributed by atoms with Crippen molar-refractivity contribution in [1.29, 1.82) is 0 Å². The van der Waals surface area contributed by atoms with Crippen molar-refractivity contribution in [2.75, 3.05) is 6.54 Å². The smallest absolute Gasteiger partial charge is 0.389 e. The van der Waals surface area contributed by atoms with Gasteiger partial charge in [-0.15, -0.1) is 11.3 Å². The number of carbonyl (C=O) groups excluding carboxylic acids is 1. The number of hydrogen-bond acceptors (Lipinski definition) is 6. The van der Waals surface area contributed by atoms with E-state index in [-0.39, 0.29) is 24.5 Å². The van der Waals surface area contributed by atoms with Crippen LogP contribution in [0.4, 0.5) is 13.2 Å². The van der Waals surface area contributed by atoms with Crippen molar-refractivity contribution in [3.8, 4) is 11.4 Å². The molecule has 5 N–H and O–H groups in total. The standard InChI is InChI=1S/C18H18F3N5O2S/c1-9-4-12(11-3-2-10(6-23-11)18(19,20)21)25-16(9)17(28)26-13(5-22)14-7-24-15(8-27)29-14/h2-4,6-7,13,25,27H,5,8,22H2,1H3,(H,26,28)/t13-/m1/s1. The molecule has 0 radical (unpaired) electrons. The molecule has 154 valence electrons. The van der Waals surface area contributed by atoms with Crippen LogP contribution in [0.15, 0.2) is 30.6 Å². The van der Waals surface area contributed by atoms with Crippen LogP contribution < -0.4 is 11.1 Å². The number of aryl methyl sites for hydroxylation is 1. The van der Waals surface area contributed by atoms with Gasteiger partial charge in [0.05, 0.1) is 29.6 Å². The Hall–Kier alpha value is -2.76. The van der Waals surface area contributed by atoms with Crippen molar-refractivity contribution >= 4 is 17.2 Å². The molecule has 0 saturated carbocycles. The number of aromatic amines is 1. The maximum atomic E-state index is 12.7. The van der Waals surface area contributed by atoms with Gasteiger partial charge >= 0.3 is 6.18 Å². The van der Waals surface area contributed by atoms with E-state index in [1.54, 1.807) is 19.2 Å². The van der Waals surface area contributed by atoms with E-state index < -0.39 is 23.7 Å². The lowest BCUT2D eigenvalue weighted by Crippen LogP contribution is -2.33. The summed E-state index contributed by atoms with van der Waals surface area (Å²) in [4.78, 5) is 24.2. The monoisotopic (exact) mass is 425 g/mol. The van der Waals surface area contributed by atoms with Crippen LogP contribution >= 0.6 is 11.3 Å². The topological polar surface area (TPSA) is 117 Å². The van der Waals surface area contributed by atoms with Gasteiger partial charge in [-0.2, -0.15) is 13.2 Å². The average Bonchev–Trinajstić information content (AvgIpc) is 3.32. The van der Waals surface area contributed by atoms with Gasteiger partial charge in [0.1, 0.15) is 10.7 Å². The zero-order chi connectivity index (χ0) is 21.2. The fourth-order valence-electron chi connectivity index (χ4n) is 2.69. The number of rotatable bonds is 6. The summed E-state index contributed by atoms with van der Waals surface area (Å²) in [6, 6.07) is 3.33. The number of aliphatic hydroxyl groups excluding tert-OH is 1.